The Balaban J connectivity index is 2.35. The summed E-state index contributed by atoms with van der Waals surface area (Å²) in [6, 6.07) is 12.2. The van der Waals surface area contributed by atoms with Crippen LogP contribution in [0.25, 0.3) is 0 Å². The molecule has 0 aliphatic heterocycles. The molecule has 0 saturated heterocycles. The van der Waals surface area contributed by atoms with E-state index in [1.165, 1.54) is 0 Å². The number of carbonyl (C=O) groups is 2. The maximum absolute atomic E-state index is 12.5. The van der Waals surface area contributed by atoms with Crippen LogP contribution in [0.2, 0.25) is 0 Å². The zero-order chi connectivity index (χ0) is 19.6. The van der Waals surface area contributed by atoms with Crippen LogP contribution in [-0.4, -0.2) is 38.6 Å². The lowest BCUT2D eigenvalue weighted by Crippen LogP contribution is -2.25. The van der Waals surface area contributed by atoms with E-state index in [2.05, 4.69) is 16.0 Å². The molecule has 144 valence electrons. The first-order chi connectivity index (χ1) is 13.1. The Morgan fingerprint density at radius 1 is 0.889 bits per heavy atom. The SMILES string of the molecule is CCOc1cc(NC(=O)c2ccccc2)c(OCC)cc1NC(=O)CNC. The van der Waals surface area contributed by atoms with Crippen molar-refractivity contribution in [2.24, 2.45) is 0 Å². The first-order valence-electron chi connectivity index (χ1n) is 8.83. The van der Waals surface area contributed by atoms with E-state index in [-0.39, 0.29) is 18.4 Å². The predicted molar refractivity (Wildman–Crippen MR) is 106 cm³/mol. The number of benzene rings is 2. The Kier molecular flexibility index (Phi) is 7.63. The van der Waals surface area contributed by atoms with E-state index in [4.69, 9.17) is 9.47 Å². The molecule has 3 N–H and O–H groups in total. The molecule has 2 amide bonds. The molecule has 0 heterocycles. The van der Waals surface area contributed by atoms with Crippen molar-refractivity contribution in [2.45, 2.75) is 13.8 Å². The van der Waals surface area contributed by atoms with Crippen LogP contribution in [0.15, 0.2) is 42.5 Å². The molecule has 0 atom stereocenters. The minimum Gasteiger partial charge on any atom is -0.492 e. The third-order valence-electron chi connectivity index (χ3n) is 3.58. The van der Waals surface area contributed by atoms with E-state index in [0.29, 0.717) is 41.7 Å². The van der Waals surface area contributed by atoms with Crippen molar-refractivity contribution in [3.8, 4) is 11.5 Å². The fraction of sp³-hybridized carbons (Fsp3) is 0.300. The summed E-state index contributed by atoms with van der Waals surface area (Å²) in [5.74, 6) is 0.437. The van der Waals surface area contributed by atoms with Gasteiger partial charge in [-0.1, -0.05) is 18.2 Å². The Morgan fingerprint density at radius 3 is 1.96 bits per heavy atom. The molecular weight excluding hydrogens is 346 g/mol. The number of nitrogens with one attached hydrogen (secondary N) is 3. The maximum atomic E-state index is 12.5. The Morgan fingerprint density at radius 2 is 1.44 bits per heavy atom. The molecule has 7 nitrogen and oxygen atoms in total. The van der Waals surface area contributed by atoms with Gasteiger partial charge in [0.2, 0.25) is 5.91 Å². The van der Waals surface area contributed by atoms with Crippen molar-refractivity contribution >= 4 is 23.2 Å². The number of hydrogen-bond donors (Lipinski definition) is 3. The van der Waals surface area contributed by atoms with E-state index in [1.54, 1.807) is 43.4 Å². The van der Waals surface area contributed by atoms with Gasteiger partial charge in [-0.05, 0) is 33.0 Å². The summed E-state index contributed by atoms with van der Waals surface area (Å²) in [6.07, 6.45) is 0. The van der Waals surface area contributed by atoms with Gasteiger partial charge in [-0.2, -0.15) is 0 Å². The van der Waals surface area contributed by atoms with Gasteiger partial charge < -0.3 is 25.4 Å². The standard InChI is InChI=1S/C20H25N3O4/c1-4-26-17-12-16(23-20(25)14-9-7-6-8-10-14)18(27-5-2)11-15(17)22-19(24)13-21-3/h6-12,21H,4-5,13H2,1-3H3,(H,22,24)(H,23,25). The van der Waals surface area contributed by atoms with E-state index < -0.39 is 0 Å². The van der Waals surface area contributed by atoms with Crippen LogP contribution in [0, 0.1) is 0 Å². The molecule has 27 heavy (non-hydrogen) atoms. The summed E-state index contributed by atoms with van der Waals surface area (Å²) in [5, 5.41) is 8.43. The number of ether oxygens (including phenoxy) is 2. The monoisotopic (exact) mass is 371 g/mol. The largest absolute Gasteiger partial charge is 0.492 e. The van der Waals surface area contributed by atoms with Crippen molar-refractivity contribution in [1.29, 1.82) is 0 Å². The van der Waals surface area contributed by atoms with Gasteiger partial charge in [0.25, 0.3) is 5.91 Å². The number of hydrogen-bond acceptors (Lipinski definition) is 5. The summed E-state index contributed by atoms with van der Waals surface area (Å²) in [6.45, 7) is 4.68. The normalized spacial score (nSPS) is 10.2. The minimum absolute atomic E-state index is 0.169. The van der Waals surface area contributed by atoms with E-state index in [9.17, 15) is 9.59 Å². The molecule has 0 aromatic heterocycles. The van der Waals surface area contributed by atoms with Gasteiger partial charge in [0.05, 0.1) is 31.1 Å². The number of rotatable bonds is 9. The molecule has 7 heteroatoms. The third-order valence-corrected chi connectivity index (χ3v) is 3.58. The molecule has 0 unspecified atom stereocenters. The topological polar surface area (TPSA) is 88.7 Å². The lowest BCUT2D eigenvalue weighted by molar-refractivity contribution is -0.115. The highest BCUT2D eigenvalue weighted by Crippen LogP contribution is 2.37. The van der Waals surface area contributed by atoms with Crippen molar-refractivity contribution in [1.82, 2.24) is 5.32 Å². The number of likely N-dealkylation sites (N-methyl/N-ethyl adjacent to an activating group) is 1. The molecule has 0 aliphatic carbocycles. The van der Waals surface area contributed by atoms with Gasteiger partial charge in [-0.15, -0.1) is 0 Å². The zero-order valence-corrected chi connectivity index (χ0v) is 15.8. The minimum atomic E-state index is -0.258. The number of carbonyl (C=O) groups excluding carboxylic acids is 2. The summed E-state index contributed by atoms with van der Waals surface area (Å²) >= 11 is 0. The highest BCUT2D eigenvalue weighted by atomic mass is 16.5. The Labute approximate surface area is 159 Å². The first-order valence-corrected chi connectivity index (χ1v) is 8.83. The van der Waals surface area contributed by atoms with Gasteiger partial charge in [-0.3, -0.25) is 9.59 Å². The Bertz CT molecular complexity index is 778. The molecule has 2 aromatic carbocycles. The second-order valence-corrected chi connectivity index (χ2v) is 5.61. The van der Waals surface area contributed by atoms with Crippen molar-refractivity contribution in [3.05, 3.63) is 48.0 Å². The second-order valence-electron chi connectivity index (χ2n) is 5.61. The fourth-order valence-electron chi connectivity index (χ4n) is 2.44. The average Bonchev–Trinajstić information content (AvgIpc) is 2.66. The quantitative estimate of drug-likeness (QED) is 0.631. The molecule has 0 aliphatic rings. The van der Waals surface area contributed by atoms with E-state index >= 15 is 0 Å². The van der Waals surface area contributed by atoms with Gasteiger partial charge in [0.15, 0.2) is 0 Å². The summed E-state index contributed by atoms with van der Waals surface area (Å²) in [4.78, 5) is 24.4. The average molecular weight is 371 g/mol. The van der Waals surface area contributed by atoms with Gasteiger partial charge in [0.1, 0.15) is 11.5 Å². The van der Waals surface area contributed by atoms with Crippen LogP contribution >= 0.6 is 0 Å². The van der Waals surface area contributed by atoms with Crippen molar-refractivity contribution in [3.63, 3.8) is 0 Å². The van der Waals surface area contributed by atoms with Crippen LogP contribution < -0.4 is 25.4 Å². The molecule has 2 aromatic rings. The number of anilines is 2. The highest BCUT2D eigenvalue weighted by Gasteiger charge is 2.16. The summed E-state index contributed by atoms with van der Waals surface area (Å²) in [7, 11) is 1.69. The fourth-order valence-corrected chi connectivity index (χ4v) is 2.44. The van der Waals surface area contributed by atoms with Gasteiger partial charge in [0, 0.05) is 17.7 Å². The lowest BCUT2D eigenvalue weighted by Gasteiger charge is -2.18. The predicted octanol–water partition coefficient (Wildman–Crippen LogP) is 2.89. The second kappa shape index (κ2) is 10.2. The highest BCUT2D eigenvalue weighted by molar-refractivity contribution is 6.05. The third kappa shape index (κ3) is 5.72. The molecule has 0 spiro atoms. The van der Waals surface area contributed by atoms with Crippen molar-refractivity contribution < 1.29 is 19.1 Å². The molecular formula is C20H25N3O4. The first kappa shape index (κ1) is 20.3. The smallest absolute Gasteiger partial charge is 0.255 e. The van der Waals surface area contributed by atoms with E-state index in [1.807, 2.05) is 19.9 Å². The lowest BCUT2D eigenvalue weighted by atomic mass is 10.2. The number of amides is 2. The van der Waals surface area contributed by atoms with Gasteiger partial charge >= 0.3 is 0 Å². The van der Waals surface area contributed by atoms with Crippen LogP contribution in [0.4, 0.5) is 11.4 Å². The van der Waals surface area contributed by atoms with Crippen LogP contribution in [0.5, 0.6) is 11.5 Å². The van der Waals surface area contributed by atoms with Gasteiger partial charge in [-0.25, -0.2) is 0 Å². The summed E-state index contributed by atoms with van der Waals surface area (Å²) < 4.78 is 11.3. The molecule has 0 radical (unpaired) electrons. The zero-order valence-electron chi connectivity index (χ0n) is 15.8. The van der Waals surface area contributed by atoms with Crippen LogP contribution in [0.3, 0.4) is 0 Å². The van der Waals surface area contributed by atoms with Crippen molar-refractivity contribution in [2.75, 3.05) is 37.4 Å². The molecule has 0 fully saturated rings. The maximum Gasteiger partial charge on any atom is 0.255 e. The Hall–Kier alpha value is -3.06. The van der Waals surface area contributed by atoms with Crippen LogP contribution in [-0.2, 0) is 4.79 Å². The molecule has 2 rings (SSSR count). The van der Waals surface area contributed by atoms with E-state index in [0.717, 1.165) is 0 Å². The molecule has 0 bridgehead atoms. The summed E-state index contributed by atoms with van der Waals surface area (Å²) in [5.41, 5.74) is 1.49. The van der Waals surface area contributed by atoms with Crippen LogP contribution in [0.1, 0.15) is 24.2 Å². The molecule has 0 saturated carbocycles.